The quantitative estimate of drug-likeness (QED) is 0.272. The highest BCUT2D eigenvalue weighted by Crippen LogP contribution is 2.31. The molecule has 5 aromatic rings. The number of halogens is 3. The molecule has 1 aromatic carbocycles. The second-order valence-corrected chi connectivity index (χ2v) is 7.59. The molecule has 0 unspecified atom stereocenters. The van der Waals surface area contributed by atoms with Crippen molar-refractivity contribution in [2.24, 2.45) is 0 Å². The Morgan fingerprint density at radius 1 is 0.914 bits per heavy atom. The van der Waals surface area contributed by atoms with Gasteiger partial charge in [-0.2, -0.15) is 0 Å². The van der Waals surface area contributed by atoms with Crippen LogP contribution in [0.5, 0.6) is 0 Å². The first-order valence-corrected chi connectivity index (χ1v) is 11.6. The summed E-state index contributed by atoms with van der Waals surface area (Å²) in [5.74, 6) is 1.33. The summed E-state index contributed by atoms with van der Waals surface area (Å²) < 4.78 is 27.7. The molecule has 0 bridgehead atoms. The number of nitrogen functional groups attached to an aromatic ring is 1. The second kappa shape index (κ2) is 10.6. The van der Waals surface area contributed by atoms with Crippen molar-refractivity contribution in [3.05, 3.63) is 84.2 Å². The second-order valence-electron chi connectivity index (χ2n) is 7.32. The topological polar surface area (TPSA) is 82.5 Å². The van der Waals surface area contributed by atoms with Crippen molar-refractivity contribution in [3.63, 3.8) is 0 Å². The van der Waals surface area contributed by atoms with Crippen molar-refractivity contribution < 1.29 is 8.78 Å². The standard InChI is InChI=1S/C24H17ClF2N6.C2H6/c25-12-14-3-6-16(7-4-14)33-23(17-2-1-11-29-22(17)28)32-20-10-9-19(31-24(20)33)18-8-5-15(13-30-18)21(26)27;1-2/h1-11,13,21H,12H2,(H2,28,29);1-2H3. The van der Waals surface area contributed by atoms with Crippen LogP contribution in [0.1, 0.15) is 31.4 Å². The van der Waals surface area contributed by atoms with Crippen molar-refractivity contribution in [2.45, 2.75) is 26.2 Å². The summed E-state index contributed by atoms with van der Waals surface area (Å²) in [7, 11) is 0. The molecular weight excluding hydrogens is 470 g/mol. The van der Waals surface area contributed by atoms with E-state index in [4.69, 9.17) is 27.3 Å². The minimum atomic E-state index is -2.58. The van der Waals surface area contributed by atoms with Crippen LogP contribution in [0.4, 0.5) is 14.6 Å². The van der Waals surface area contributed by atoms with Gasteiger partial charge in [-0.25, -0.2) is 23.7 Å². The molecule has 0 saturated heterocycles. The van der Waals surface area contributed by atoms with Gasteiger partial charge in [0, 0.05) is 29.5 Å². The van der Waals surface area contributed by atoms with Crippen molar-refractivity contribution in [2.75, 3.05) is 5.73 Å². The zero-order chi connectivity index (χ0) is 24.9. The fourth-order valence-electron chi connectivity index (χ4n) is 3.55. The number of imidazole rings is 1. The molecule has 0 radical (unpaired) electrons. The summed E-state index contributed by atoms with van der Waals surface area (Å²) in [6.07, 6.45) is 0.203. The third-order valence-electron chi connectivity index (χ3n) is 5.23. The van der Waals surface area contributed by atoms with Crippen LogP contribution in [0, 0.1) is 0 Å². The molecule has 0 saturated carbocycles. The minimum absolute atomic E-state index is 0.140. The maximum atomic E-state index is 12.9. The number of alkyl halides is 3. The molecule has 0 amide bonds. The fraction of sp³-hybridized carbons (Fsp3) is 0.154. The number of rotatable bonds is 5. The third-order valence-corrected chi connectivity index (χ3v) is 5.54. The predicted octanol–water partition coefficient (Wildman–Crippen LogP) is 6.83. The van der Waals surface area contributed by atoms with Crippen LogP contribution >= 0.6 is 11.6 Å². The molecule has 0 aliphatic heterocycles. The van der Waals surface area contributed by atoms with E-state index in [1.54, 1.807) is 18.3 Å². The van der Waals surface area contributed by atoms with Gasteiger partial charge in [0.2, 0.25) is 0 Å². The Balaban J connectivity index is 0.00000141. The zero-order valence-electron chi connectivity index (χ0n) is 19.2. The first kappa shape index (κ1) is 24.2. The molecule has 0 atom stereocenters. The normalized spacial score (nSPS) is 10.9. The Bertz CT molecular complexity index is 1430. The van der Waals surface area contributed by atoms with E-state index in [2.05, 4.69) is 9.97 Å². The lowest BCUT2D eigenvalue weighted by molar-refractivity contribution is 0.151. The van der Waals surface area contributed by atoms with Crippen LogP contribution in [0.25, 0.3) is 39.6 Å². The number of anilines is 1. The largest absolute Gasteiger partial charge is 0.383 e. The highest BCUT2D eigenvalue weighted by Gasteiger charge is 2.19. The monoisotopic (exact) mass is 492 g/mol. The molecular formula is C26H23ClF2N6. The van der Waals surface area contributed by atoms with E-state index in [0.29, 0.717) is 45.6 Å². The number of fused-ring (bicyclic) bond motifs is 1. The Kier molecular flexibility index (Phi) is 7.31. The van der Waals surface area contributed by atoms with Gasteiger partial charge in [0.25, 0.3) is 6.43 Å². The molecule has 4 heterocycles. The summed E-state index contributed by atoms with van der Waals surface area (Å²) in [6, 6.07) is 17.8. The first-order chi connectivity index (χ1) is 17.0. The molecule has 178 valence electrons. The molecule has 2 N–H and O–H groups in total. The van der Waals surface area contributed by atoms with E-state index in [1.165, 1.54) is 12.1 Å². The molecule has 35 heavy (non-hydrogen) atoms. The summed E-state index contributed by atoms with van der Waals surface area (Å²) in [5, 5.41) is 0. The van der Waals surface area contributed by atoms with Crippen LogP contribution < -0.4 is 5.73 Å². The zero-order valence-corrected chi connectivity index (χ0v) is 19.9. The SMILES string of the molecule is CC.Nc1ncccc1-c1nc2ccc(-c3ccc(C(F)F)cn3)nc2n1-c1ccc(CCl)cc1. The van der Waals surface area contributed by atoms with Crippen LogP contribution in [0.3, 0.4) is 0 Å². The van der Waals surface area contributed by atoms with Gasteiger partial charge in [0.1, 0.15) is 11.3 Å². The number of nitrogens with two attached hydrogens (primary N) is 1. The average molecular weight is 493 g/mol. The smallest absolute Gasteiger partial charge is 0.265 e. The molecule has 0 aliphatic carbocycles. The van der Waals surface area contributed by atoms with Crippen molar-refractivity contribution in [1.29, 1.82) is 0 Å². The molecule has 0 aliphatic rings. The average Bonchev–Trinajstić information content (AvgIpc) is 3.28. The molecule has 9 heteroatoms. The number of hydrogen-bond donors (Lipinski definition) is 1. The predicted molar refractivity (Wildman–Crippen MR) is 136 cm³/mol. The lowest BCUT2D eigenvalue weighted by Gasteiger charge is -2.11. The van der Waals surface area contributed by atoms with E-state index in [9.17, 15) is 8.78 Å². The first-order valence-electron chi connectivity index (χ1n) is 11.1. The van der Waals surface area contributed by atoms with Crippen LogP contribution in [0.15, 0.2) is 73.1 Å². The number of pyridine rings is 3. The number of hydrogen-bond acceptors (Lipinski definition) is 5. The van der Waals surface area contributed by atoms with Gasteiger partial charge in [0.05, 0.1) is 17.0 Å². The van der Waals surface area contributed by atoms with Crippen LogP contribution in [-0.4, -0.2) is 24.5 Å². The van der Waals surface area contributed by atoms with Gasteiger partial charge >= 0.3 is 0 Å². The number of nitrogens with zero attached hydrogens (tertiary/aromatic N) is 5. The summed E-state index contributed by atoms with van der Waals surface area (Å²) in [4.78, 5) is 17.9. The van der Waals surface area contributed by atoms with E-state index in [-0.39, 0.29) is 5.56 Å². The lowest BCUT2D eigenvalue weighted by atomic mass is 10.2. The van der Waals surface area contributed by atoms with Crippen LogP contribution in [-0.2, 0) is 5.88 Å². The van der Waals surface area contributed by atoms with Crippen molar-refractivity contribution in [3.8, 4) is 28.5 Å². The fourth-order valence-corrected chi connectivity index (χ4v) is 3.73. The molecule has 4 aromatic heterocycles. The lowest BCUT2D eigenvalue weighted by Crippen LogP contribution is -2.02. The van der Waals surface area contributed by atoms with E-state index in [1.807, 2.05) is 54.8 Å². The summed E-state index contributed by atoms with van der Waals surface area (Å²) in [6.45, 7) is 4.00. The van der Waals surface area contributed by atoms with E-state index in [0.717, 1.165) is 17.4 Å². The van der Waals surface area contributed by atoms with E-state index >= 15 is 0 Å². The minimum Gasteiger partial charge on any atom is -0.383 e. The van der Waals surface area contributed by atoms with Crippen molar-refractivity contribution >= 4 is 28.6 Å². The van der Waals surface area contributed by atoms with Gasteiger partial charge in [0.15, 0.2) is 11.5 Å². The molecule has 5 rings (SSSR count). The van der Waals surface area contributed by atoms with Crippen LogP contribution in [0.2, 0.25) is 0 Å². The van der Waals surface area contributed by atoms with Gasteiger partial charge in [-0.05, 0) is 54.1 Å². The molecule has 0 fully saturated rings. The maximum Gasteiger partial charge on any atom is 0.265 e. The molecule has 6 nitrogen and oxygen atoms in total. The van der Waals surface area contributed by atoms with Gasteiger partial charge in [-0.15, -0.1) is 11.6 Å². The Hall–Kier alpha value is -3.91. The summed E-state index contributed by atoms with van der Waals surface area (Å²) in [5.41, 5.74) is 10.7. The maximum absolute atomic E-state index is 12.9. The van der Waals surface area contributed by atoms with Gasteiger partial charge in [-0.1, -0.05) is 26.0 Å². The highest BCUT2D eigenvalue weighted by molar-refractivity contribution is 6.17. The van der Waals surface area contributed by atoms with Gasteiger partial charge < -0.3 is 5.73 Å². The molecule has 0 spiro atoms. The number of benzene rings is 1. The highest BCUT2D eigenvalue weighted by atomic mass is 35.5. The van der Waals surface area contributed by atoms with E-state index < -0.39 is 6.43 Å². The Labute approximate surface area is 206 Å². The summed E-state index contributed by atoms with van der Waals surface area (Å²) >= 11 is 5.96. The Morgan fingerprint density at radius 3 is 2.29 bits per heavy atom. The van der Waals surface area contributed by atoms with Gasteiger partial charge in [-0.3, -0.25) is 9.55 Å². The van der Waals surface area contributed by atoms with Crippen molar-refractivity contribution in [1.82, 2.24) is 24.5 Å². The Morgan fingerprint density at radius 2 is 1.66 bits per heavy atom. The third kappa shape index (κ3) is 4.83. The number of aromatic nitrogens is 5.